The lowest BCUT2D eigenvalue weighted by Gasteiger charge is -2.27. The van der Waals surface area contributed by atoms with E-state index in [1.165, 1.54) is 32.1 Å². The van der Waals surface area contributed by atoms with Crippen LogP contribution in [0.5, 0.6) is 0 Å². The Morgan fingerprint density at radius 2 is 1.78 bits per heavy atom. The lowest BCUT2D eigenvalue weighted by Crippen LogP contribution is -2.42. The number of rotatable bonds is 5. The highest BCUT2D eigenvalue weighted by Gasteiger charge is 2.57. The zero-order valence-electron chi connectivity index (χ0n) is 18.9. The molecule has 0 spiro atoms. The number of carbonyl (C=O) groups is 2. The van der Waals surface area contributed by atoms with Crippen LogP contribution < -0.4 is 0 Å². The molecule has 2 atom stereocenters. The van der Waals surface area contributed by atoms with Crippen LogP contribution in [0.3, 0.4) is 0 Å². The Bertz CT molecular complexity index is 968. The van der Waals surface area contributed by atoms with E-state index in [-0.39, 0.29) is 17.7 Å². The molecular weight excluding hydrogens is 402 g/mol. The van der Waals surface area contributed by atoms with Crippen molar-refractivity contribution < 1.29 is 9.59 Å². The number of amides is 2. The number of likely N-dealkylation sites (tertiary alicyclic amines) is 2. The second-order valence-electron chi connectivity index (χ2n) is 9.97. The minimum Gasteiger partial charge on any atom is -0.341 e. The predicted octanol–water partition coefficient (Wildman–Crippen LogP) is 3.33. The van der Waals surface area contributed by atoms with E-state index < -0.39 is 5.41 Å². The molecule has 2 amide bonds. The lowest BCUT2D eigenvalue weighted by atomic mass is 9.80. The van der Waals surface area contributed by atoms with Gasteiger partial charge in [0.05, 0.1) is 5.41 Å². The Morgan fingerprint density at radius 1 is 1.06 bits per heavy atom. The monoisotopic (exact) mass is 435 g/mol. The fourth-order valence-corrected chi connectivity index (χ4v) is 6.02. The van der Waals surface area contributed by atoms with Crippen molar-refractivity contribution in [1.82, 2.24) is 25.0 Å². The third kappa shape index (κ3) is 3.93. The number of nitrogens with zero attached hydrogens (tertiary/aromatic N) is 4. The van der Waals surface area contributed by atoms with Crippen molar-refractivity contribution in [3.63, 3.8) is 0 Å². The molecule has 5 rings (SSSR count). The Labute approximate surface area is 189 Å². The first-order valence-electron chi connectivity index (χ1n) is 12.1. The first-order chi connectivity index (χ1) is 15.5. The van der Waals surface area contributed by atoms with Crippen LogP contribution >= 0.6 is 0 Å². The highest BCUT2D eigenvalue weighted by Crippen LogP contribution is 2.44. The van der Waals surface area contributed by atoms with Gasteiger partial charge in [0.15, 0.2) is 5.82 Å². The minimum absolute atomic E-state index is 0.0433. The van der Waals surface area contributed by atoms with Gasteiger partial charge in [-0.05, 0) is 31.4 Å². The number of aryl methyl sites for hydroxylation is 1. The molecule has 32 heavy (non-hydrogen) atoms. The molecule has 170 valence electrons. The van der Waals surface area contributed by atoms with Crippen molar-refractivity contribution in [2.75, 3.05) is 26.2 Å². The largest absolute Gasteiger partial charge is 0.341 e. The molecule has 0 radical (unpaired) electrons. The minimum atomic E-state index is -0.393. The fraction of sp³-hybridized carbons (Fsp3) is 0.600. The van der Waals surface area contributed by atoms with Crippen LogP contribution in [0.15, 0.2) is 30.3 Å². The van der Waals surface area contributed by atoms with Gasteiger partial charge in [-0.3, -0.25) is 14.7 Å². The van der Waals surface area contributed by atoms with Crippen LogP contribution in [-0.2, 0) is 10.2 Å². The number of nitrogens with one attached hydrogen (secondary N) is 1. The zero-order chi connectivity index (χ0) is 22.1. The zero-order valence-corrected chi connectivity index (χ0v) is 18.9. The average Bonchev–Trinajstić information content (AvgIpc) is 3.51. The van der Waals surface area contributed by atoms with Crippen LogP contribution in [-0.4, -0.2) is 63.0 Å². The molecule has 0 bridgehead atoms. The van der Waals surface area contributed by atoms with Gasteiger partial charge in [-0.1, -0.05) is 50.3 Å². The molecule has 2 saturated heterocycles. The summed E-state index contributed by atoms with van der Waals surface area (Å²) in [6.07, 6.45) is 8.14. The molecule has 1 aromatic carbocycles. The normalized spacial score (nSPS) is 25.8. The quantitative estimate of drug-likeness (QED) is 0.781. The summed E-state index contributed by atoms with van der Waals surface area (Å²) < 4.78 is 0. The standard InChI is InChI=1S/C25H33N5O2/c1-18-26-24(28-27-18)25-16-29(22(31)13-12-19-8-4-2-5-9-19)14-21(25)15-30(17-25)23(32)20-10-6-3-7-11-20/h3,6-7,10-11,19,21H,2,4-5,8-9,12-17H2,1H3,(H,26,27,28)/t21-,25-/m1/s1. The number of fused-ring (bicyclic) bond motifs is 1. The number of benzene rings is 1. The Kier molecular flexibility index (Phi) is 5.74. The van der Waals surface area contributed by atoms with E-state index in [1.54, 1.807) is 0 Å². The Balaban J connectivity index is 1.31. The second-order valence-corrected chi connectivity index (χ2v) is 9.97. The van der Waals surface area contributed by atoms with Gasteiger partial charge in [0.1, 0.15) is 5.82 Å². The highest BCUT2D eigenvalue weighted by atomic mass is 16.2. The van der Waals surface area contributed by atoms with Crippen molar-refractivity contribution in [2.45, 2.75) is 57.3 Å². The van der Waals surface area contributed by atoms with Gasteiger partial charge >= 0.3 is 0 Å². The molecule has 1 N–H and O–H groups in total. The third-order valence-corrected chi connectivity index (χ3v) is 7.80. The summed E-state index contributed by atoms with van der Waals surface area (Å²) in [4.78, 5) is 34.9. The lowest BCUT2D eigenvalue weighted by molar-refractivity contribution is -0.131. The molecule has 1 saturated carbocycles. The number of carbonyl (C=O) groups excluding carboxylic acids is 2. The van der Waals surface area contributed by atoms with Crippen molar-refractivity contribution in [3.8, 4) is 0 Å². The van der Waals surface area contributed by atoms with Crippen LogP contribution in [0, 0.1) is 18.8 Å². The average molecular weight is 436 g/mol. The maximum absolute atomic E-state index is 13.1. The van der Waals surface area contributed by atoms with Crippen molar-refractivity contribution in [3.05, 3.63) is 47.5 Å². The molecule has 3 heterocycles. The van der Waals surface area contributed by atoms with Gasteiger partial charge in [0.2, 0.25) is 5.91 Å². The molecule has 1 aliphatic carbocycles. The molecule has 3 fully saturated rings. The molecule has 7 nitrogen and oxygen atoms in total. The van der Waals surface area contributed by atoms with E-state index in [0.29, 0.717) is 44.1 Å². The van der Waals surface area contributed by atoms with Crippen LogP contribution in [0.2, 0.25) is 0 Å². The number of hydrogen-bond acceptors (Lipinski definition) is 4. The van der Waals surface area contributed by atoms with Gasteiger partial charge in [-0.2, -0.15) is 5.10 Å². The van der Waals surface area contributed by atoms with Gasteiger partial charge in [-0.25, -0.2) is 4.98 Å². The fourth-order valence-electron chi connectivity index (χ4n) is 6.02. The summed E-state index contributed by atoms with van der Waals surface area (Å²) in [7, 11) is 0. The smallest absolute Gasteiger partial charge is 0.253 e. The molecule has 0 unspecified atom stereocenters. The first-order valence-corrected chi connectivity index (χ1v) is 12.1. The number of aromatic amines is 1. The van der Waals surface area contributed by atoms with E-state index in [9.17, 15) is 9.59 Å². The Hall–Kier alpha value is -2.70. The number of H-pyrrole nitrogens is 1. The summed E-state index contributed by atoms with van der Waals surface area (Å²) in [5.74, 6) is 2.66. The second kappa shape index (κ2) is 8.68. The molecule has 2 aliphatic heterocycles. The highest BCUT2D eigenvalue weighted by molar-refractivity contribution is 5.94. The number of aromatic nitrogens is 3. The third-order valence-electron chi connectivity index (χ3n) is 7.80. The molecule has 3 aliphatic rings. The van der Waals surface area contributed by atoms with Gasteiger partial charge in [0.25, 0.3) is 5.91 Å². The number of hydrogen-bond donors (Lipinski definition) is 1. The van der Waals surface area contributed by atoms with E-state index in [1.807, 2.05) is 47.1 Å². The summed E-state index contributed by atoms with van der Waals surface area (Å²) in [6, 6.07) is 9.43. The molecule has 2 aromatic rings. The maximum atomic E-state index is 13.1. The first kappa shape index (κ1) is 21.2. The van der Waals surface area contributed by atoms with Gasteiger partial charge in [0, 0.05) is 44.1 Å². The van der Waals surface area contributed by atoms with E-state index in [0.717, 1.165) is 18.1 Å². The summed E-state index contributed by atoms with van der Waals surface area (Å²) in [5, 5.41) is 7.47. The van der Waals surface area contributed by atoms with E-state index >= 15 is 0 Å². The summed E-state index contributed by atoms with van der Waals surface area (Å²) >= 11 is 0. The van der Waals surface area contributed by atoms with Gasteiger partial charge < -0.3 is 9.80 Å². The predicted molar refractivity (Wildman–Crippen MR) is 121 cm³/mol. The molecular formula is C25H33N5O2. The van der Waals surface area contributed by atoms with Crippen LogP contribution in [0.25, 0.3) is 0 Å². The van der Waals surface area contributed by atoms with Crippen LogP contribution in [0.1, 0.15) is 67.0 Å². The molecule has 1 aromatic heterocycles. The van der Waals surface area contributed by atoms with Crippen molar-refractivity contribution >= 4 is 11.8 Å². The SMILES string of the molecule is Cc1nc([C@@]23CN(C(=O)CCC4CCCCC4)C[C@@H]2CN(C(=O)c2ccccc2)C3)n[nH]1. The topological polar surface area (TPSA) is 82.2 Å². The van der Waals surface area contributed by atoms with Crippen LogP contribution in [0.4, 0.5) is 0 Å². The van der Waals surface area contributed by atoms with E-state index in [4.69, 9.17) is 0 Å². The molecule has 7 heteroatoms. The van der Waals surface area contributed by atoms with Crippen molar-refractivity contribution in [1.29, 1.82) is 0 Å². The Morgan fingerprint density at radius 3 is 2.50 bits per heavy atom. The summed E-state index contributed by atoms with van der Waals surface area (Å²) in [5.41, 5.74) is 0.310. The van der Waals surface area contributed by atoms with Crippen molar-refractivity contribution in [2.24, 2.45) is 11.8 Å². The van der Waals surface area contributed by atoms with Gasteiger partial charge in [-0.15, -0.1) is 0 Å². The maximum Gasteiger partial charge on any atom is 0.253 e. The van der Waals surface area contributed by atoms with E-state index in [2.05, 4.69) is 15.2 Å². The summed E-state index contributed by atoms with van der Waals surface area (Å²) in [6.45, 7) is 4.35.